The quantitative estimate of drug-likeness (QED) is 0.213. The number of Topliss-reactive ketones (excluding diaryl/α,β-unsaturated/α-hetero) is 1. The molecule has 1 heterocycles. The average molecular weight is 696 g/mol. The van der Waals surface area contributed by atoms with Crippen molar-refractivity contribution in [2.75, 3.05) is 12.3 Å². The third kappa shape index (κ3) is 9.94. The molecule has 4 N–H and O–H groups in total. The molecule has 274 valence electrons. The van der Waals surface area contributed by atoms with Gasteiger partial charge in [0.2, 0.25) is 17.6 Å². The molecule has 5 amide bonds. The Bertz CT molecular complexity index is 1310. The second-order valence-corrected chi connectivity index (χ2v) is 19.5. The first-order valence-corrected chi connectivity index (χ1v) is 19.5. The average Bonchev–Trinajstić information content (AvgIpc) is 3.66. The third-order valence-corrected chi connectivity index (χ3v) is 13.0. The van der Waals surface area contributed by atoms with Gasteiger partial charge >= 0.3 is 6.03 Å². The summed E-state index contributed by atoms with van der Waals surface area (Å²) in [5, 5.41) is 11.4. The Morgan fingerprint density at radius 2 is 1.50 bits per heavy atom. The minimum atomic E-state index is -3.56. The van der Waals surface area contributed by atoms with Crippen molar-refractivity contribution in [3.63, 3.8) is 0 Å². The van der Waals surface area contributed by atoms with E-state index < -0.39 is 73.2 Å². The molecule has 2 saturated carbocycles. The molecule has 3 aliphatic rings. The highest BCUT2D eigenvalue weighted by Crippen LogP contribution is 2.35. The molecule has 3 rings (SSSR count). The smallest absolute Gasteiger partial charge is 0.315 e. The van der Waals surface area contributed by atoms with E-state index in [-0.39, 0.29) is 36.6 Å². The van der Waals surface area contributed by atoms with Crippen LogP contribution in [-0.4, -0.2) is 89.6 Å². The molecule has 1 aliphatic heterocycles. The highest BCUT2D eigenvalue weighted by molar-refractivity contribution is 7.92. The fraction of sp³-hybridized carbons (Fsp3) is 0.857. The van der Waals surface area contributed by atoms with Crippen LogP contribution in [0.2, 0.25) is 0 Å². The lowest BCUT2D eigenvalue weighted by Crippen LogP contribution is -2.64. The molecule has 0 spiro atoms. The molecule has 2 aliphatic carbocycles. The van der Waals surface area contributed by atoms with E-state index in [0.29, 0.717) is 25.7 Å². The maximum Gasteiger partial charge on any atom is 0.315 e. The van der Waals surface area contributed by atoms with E-state index in [9.17, 15) is 32.4 Å². The molecule has 0 bridgehead atoms. The van der Waals surface area contributed by atoms with Crippen LogP contribution in [0.1, 0.15) is 127 Å². The second kappa shape index (κ2) is 15.5. The fourth-order valence-corrected chi connectivity index (χ4v) is 8.41. The molecule has 0 aromatic rings. The van der Waals surface area contributed by atoms with Gasteiger partial charge in [0, 0.05) is 12.6 Å². The molecular weight excluding hydrogens is 634 g/mol. The maximum atomic E-state index is 14.4. The molecule has 1 saturated heterocycles. The van der Waals surface area contributed by atoms with E-state index in [2.05, 4.69) is 21.3 Å². The monoisotopic (exact) mass is 695 g/mol. The number of urea groups is 1. The molecule has 0 aromatic carbocycles. The maximum absolute atomic E-state index is 14.4. The topological polar surface area (TPSA) is 171 Å². The number of amides is 5. The summed E-state index contributed by atoms with van der Waals surface area (Å²) < 4.78 is 25.6. The number of ketones is 1. The lowest BCUT2D eigenvalue weighted by molar-refractivity contribution is -0.145. The summed E-state index contributed by atoms with van der Waals surface area (Å²) >= 11 is 0. The predicted molar refractivity (Wildman–Crippen MR) is 186 cm³/mol. The van der Waals surface area contributed by atoms with Crippen molar-refractivity contribution < 1.29 is 32.4 Å². The van der Waals surface area contributed by atoms with Crippen LogP contribution in [0.5, 0.6) is 0 Å². The third-order valence-electron chi connectivity index (χ3n) is 10.2. The lowest BCUT2D eigenvalue weighted by Gasteiger charge is -2.41. The van der Waals surface area contributed by atoms with Crippen LogP contribution in [0, 0.1) is 17.3 Å². The molecule has 48 heavy (non-hydrogen) atoms. The number of sulfone groups is 1. The Morgan fingerprint density at radius 1 is 0.896 bits per heavy atom. The summed E-state index contributed by atoms with van der Waals surface area (Å²) in [4.78, 5) is 69.3. The number of hydrogen-bond acceptors (Lipinski definition) is 7. The second-order valence-electron chi connectivity index (χ2n) is 16.7. The number of nitrogens with zero attached hydrogens (tertiary/aromatic N) is 1. The van der Waals surface area contributed by atoms with E-state index in [4.69, 9.17) is 0 Å². The zero-order valence-electron chi connectivity index (χ0n) is 30.7. The zero-order chi connectivity index (χ0) is 36.2. The van der Waals surface area contributed by atoms with Gasteiger partial charge in [0.05, 0.1) is 22.1 Å². The van der Waals surface area contributed by atoms with Gasteiger partial charge in [-0.05, 0) is 76.5 Å². The summed E-state index contributed by atoms with van der Waals surface area (Å²) in [6.45, 7) is 16.6. The number of hydrogen-bond donors (Lipinski definition) is 4. The first-order valence-electron chi connectivity index (χ1n) is 17.9. The summed E-state index contributed by atoms with van der Waals surface area (Å²) in [5.41, 5.74) is -1.71. The van der Waals surface area contributed by atoms with Gasteiger partial charge < -0.3 is 26.2 Å². The number of carbonyl (C=O) groups excluding carboxylic acids is 5. The molecule has 12 nitrogen and oxygen atoms in total. The SMILES string of the molecule is CCC[C@H](NC(=O)[C@@H]1[C@@H](C(C)C)CCN1C(=O)[C@@H](NC(=O)NC1(CS(=O)(=O)C(C)(C)C)CCCCC1)C(C)(C)C)C(=O)C(=O)NC1CC1. The van der Waals surface area contributed by atoms with Crippen LogP contribution in [0.15, 0.2) is 0 Å². The van der Waals surface area contributed by atoms with Crippen molar-refractivity contribution >= 4 is 39.4 Å². The highest BCUT2D eigenvalue weighted by Gasteiger charge is 2.49. The molecular formula is C35H61N5O7S. The molecule has 3 fully saturated rings. The van der Waals surface area contributed by atoms with Crippen molar-refractivity contribution in [2.24, 2.45) is 17.3 Å². The number of likely N-dealkylation sites (tertiary alicyclic amines) is 1. The van der Waals surface area contributed by atoms with Crippen LogP contribution < -0.4 is 21.3 Å². The molecule has 4 atom stereocenters. The first kappa shape index (κ1) is 39.7. The zero-order valence-corrected chi connectivity index (χ0v) is 31.5. The normalized spacial score (nSPS) is 22.8. The molecule has 0 unspecified atom stereocenters. The summed E-state index contributed by atoms with van der Waals surface area (Å²) in [6, 6.07) is -3.55. The van der Waals surface area contributed by atoms with Crippen LogP contribution in [0.3, 0.4) is 0 Å². The Kier molecular flexibility index (Phi) is 12.8. The van der Waals surface area contributed by atoms with Crippen LogP contribution in [-0.2, 0) is 29.0 Å². The van der Waals surface area contributed by atoms with Crippen molar-refractivity contribution in [3.05, 3.63) is 0 Å². The first-order chi connectivity index (χ1) is 22.1. The van der Waals surface area contributed by atoms with Gasteiger partial charge in [-0.25, -0.2) is 13.2 Å². The number of rotatable bonds is 13. The van der Waals surface area contributed by atoms with Gasteiger partial charge in [0.15, 0.2) is 9.84 Å². The fourth-order valence-electron chi connectivity index (χ4n) is 6.89. The van der Waals surface area contributed by atoms with E-state index in [1.165, 1.54) is 4.90 Å². The predicted octanol–water partition coefficient (Wildman–Crippen LogP) is 3.62. The van der Waals surface area contributed by atoms with Crippen molar-refractivity contribution in [2.45, 2.75) is 161 Å². The summed E-state index contributed by atoms with van der Waals surface area (Å²) in [6.07, 6.45) is 6.64. The van der Waals surface area contributed by atoms with Crippen molar-refractivity contribution in [3.8, 4) is 0 Å². The molecule has 0 radical (unpaired) electrons. The van der Waals surface area contributed by atoms with E-state index in [1.807, 2.05) is 41.5 Å². The molecule has 0 aromatic heterocycles. The van der Waals surface area contributed by atoms with Crippen molar-refractivity contribution in [1.82, 2.24) is 26.2 Å². The van der Waals surface area contributed by atoms with E-state index >= 15 is 0 Å². The lowest BCUT2D eigenvalue weighted by atomic mass is 9.83. The Labute approximate surface area is 288 Å². The van der Waals surface area contributed by atoms with Gasteiger partial charge in [-0.15, -0.1) is 0 Å². The van der Waals surface area contributed by atoms with Crippen LogP contribution >= 0.6 is 0 Å². The summed E-state index contributed by atoms with van der Waals surface area (Å²) in [7, 11) is -3.56. The Morgan fingerprint density at radius 3 is 2.00 bits per heavy atom. The van der Waals surface area contributed by atoms with Gasteiger partial charge in [0.1, 0.15) is 12.1 Å². The molecule has 13 heteroatoms. The van der Waals surface area contributed by atoms with E-state index in [1.54, 1.807) is 20.8 Å². The largest absolute Gasteiger partial charge is 0.347 e. The highest BCUT2D eigenvalue weighted by atomic mass is 32.2. The standard InChI is InChI=1S/C35H61N5O7S/c1-10-14-25(27(41)30(43)36-23-15-16-23)37-29(42)26-24(22(2)3)17-20-40(26)31(44)28(33(4,5)6)38-32(45)39-35(18-12-11-13-19-35)21-48(46,47)34(7,8)9/h22-26,28H,10-21H2,1-9H3,(H,36,43)(H,37,42)(H2,38,39,45)/t24-,25+,26+,28-/m1/s1. The Hall–Kier alpha value is -2.70. The number of nitrogens with one attached hydrogen (secondary N) is 4. The summed E-state index contributed by atoms with van der Waals surface area (Å²) in [5.74, 6) is -2.66. The minimum absolute atomic E-state index is 0.00242. The van der Waals surface area contributed by atoms with Crippen molar-refractivity contribution in [1.29, 1.82) is 0 Å². The number of carbonyl (C=O) groups is 5. The van der Waals surface area contributed by atoms with Crippen LogP contribution in [0.4, 0.5) is 4.79 Å². The van der Waals surface area contributed by atoms with E-state index in [0.717, 1.165) is 32.1 Å². The van der Waals surface area contributed by atoms with Gasteiger partial charge in [0.25, 0.3) is 5.91 Å². The van der Waals surface area contributed by atoms with Crippen LogP contribution in [0.25, 0.3) is 0 Å². The van der Waals surface area contributed by atoms with Gasteiger partial charge in [-0.3, -0.25) is 19.2 Å². The minimum Gasteiger partial charge on any atom is -0.347 e. The van der Waals surface area contributed by atoms with Gasteiger partial charge in [-0.1, -0.05) is 67.2 Å². The van der Waals surface area contributed by atoms with Gasteiger partial charge in [-0.2, -0.15) is 0 Å². The Balaban J connectivity index is 1.84.